The van der Waals surface area contributed by atoms with Gasteiger partial charge in [0.1, 0.15) is 5.75 Å². The summed E-state index contributed by atoms with van der Waals surface area (Å²) < 4.78 is 5.30. The van der Waals surface area contributed by atoms with E-state index in [0.717, 1.165) is 43.8 Å². The smallest absolute Gasteiger partial charge is 0.308 e. The number of carbonyl (C=O) groups is 1. The minimum absolute atomic E-state index is 0. The second kappa shape index (κ2) is 12.1. The summed E-state index contributed by atoms with van der Waals surface area (Å²) in [5.41, 5.74) is 3.34. The number of hydrogen-bond donors (Lipinski definition) is 2. The molecule has 0 aliphatic carbocycles. The summed E-state index contributed by atoms with van der Waals surface area (Å²) in [6.07, 6.45) is 1.51. The number of rotatable bonds is 4. The minimum atomic E-state index is -0.375. The van der Waals surface area contributed by atoms with E-state index in [1.807, 2.05) is 60.7 Å². The maximum Gasteiger partial charge on any atom is 0.308 e. The molecule has 0 amide bonds. The molecule has 2 atom stereocenters. The van der Waals surface area contributed by atoms with Crippen molar-refractivity contribution in [2.75, 3.05) is 0 Å². The average Bonchev–Trinajstić information content (AvgIpc) is 2.83. The molecule has 1 aromatic heterocycles. The molecule has 0 spiro atoms. The Morgan fingerprint density at radius 1 is 0.944 bits per heavy atom. The number of hydrogen-bond acceptors (Lipinski definition) is 6. The number of benzene rings is 4. The predicted octanol–water partition coefficient (Wildman–Crippen LogP) is 5.46. The van der Waals surface area contributed by atoms with Crippen molar-refractivity contribution in [3.05, 3.63) is 79.0 Å². The van der Waals surface area contributed by atoms with Gasteiger partial charge in [0.25, 0.3) is 0 Å². The third-order valence-corrected chi connectivity index (χ3v) is 5.42. The van der Waals surface area contributed by atoms with Crippen LogP contribution in [-0.4, -0.2) is 38.4 Å². The van der Waals surface area contributed by atoms with E-state index in [1.165, 1.54) is 6.92 Å². The number of fused-ring (bicyclic) bond motifs is 6. The van der Waals surface area contributed by atoms with Crippen LogP contribution in [0.1, 0.15) is 27.2 Å². The number of carbonyl (C=O) groups excluding carboxylic acids is 1. The number of aliphatic hydroxyl groups excluding tert-OH is 2. The van der Waals surface area contributed by atoms with Crippen molar-refractivity contribution in [1.29, 1.82) is 0 Å². The van der Waals surface area contributed by atoms with Gasteiger partial charge in [0.2, 0.25) is 0 Å². The molecule has 187 valence electrons. The van der Waals surface area contributed by atoms with Gasteiger partial charge in [-0.25, -0.2) is 0 Å². The average molecular weight is 660 g/mol. The summed E-state index contributed by atoms with van der Waals surface area (Å²) in [6.45, 7) is 4.71. The first-order valence-corrected chi connectivity index (χ1v) is 11.5. The molecule has 0 aliphatic rings. The maximum absolute atomic E-state index is 11.4. The quantitative estimate of drug-likeness (QED) is 0.115. The third kappa shape index (κ3) is 6.31. The number of ether oxygens (including phenoxy) is 1. The van der Waals surface area contributed by atoms with E-state index in [-0.39, 0.29) is 38.3 Å². The monoisotopic (exact) mass is 660 g/mol. The first-order valence-electron chi connectivity index (χ1n) is 11.5. The summed E-state index contributed by atoms with van der Waals surface area (Å²) in [5, 5.41) is 21.0. The summed E-state index contributed by atoms with van der Waals surface area (Å²) in [6, 6.07) is 24.8. The Hall–Kier alpha value is -3.22. The third-order valence-electron chi connectivity index (χ3n) is 5.42. The molecule has 36 heavy (non-hydrogen) atoms. The van der Waals surface area contributed by atoms with Gasteiger partial charge >= 0.3 is 5.97 Å². The summed E-state index contributed by atoms with van der Waals surface area (Å²) in [5.74, 6) is 0.140. The predicted molar refractivity (Wildman–Crippen MR) is 138 cm³/mol. The number of aliphatic hydroxyl groups is 2. The van der Waals surface area contributed by atoms with E-state index in [1.54, 1.807) is 26.1 Å². The van der Waals surface area contributed by atoms with Gasteiger partial charge in [-0.1, -0.05) is 47.2 Å². The standard InChI is InChI=1S/C24H15N2O2.C5H12O2.Ir/c1-15(27)28-17-11-12-19-18-9-5-6-10-20(18)23-24(21(19)13-17)26-22(14-25-23)16-7-3-2-4-8-16;1-4(6)3-5(2)7;/h2-9,11-14H,1H3;4-7H,3H2,1-2H3;/q-1;;. The normalized spacial score (nSPS) is 12.4. The molecule has 1 radical (unpaired) electrons. The van der Waals surface area contributed by atoms with Crippen LogP contribution in [0.3, 0.4) is 0 Å². The molecule has 5 aromatic rings. The Balaban J connectivity index is 0.000000400. The van der Waals surface area contributed by atoms with E-state index >= 15 is 0 Å². The topological polar surface area (TPSA) is 92.5 Å². The van der Waals surface area contributed by atoms with Gasteiger partial charge in [-0.3, -0.25) is 9.78 Å². The summed E-state index contributed by atoms with van der Waals surface area (Å²) >= 11 is 0. The number of aromatic nitrogens is 2. The minimum Gasteiger partial charge on any atom is -0.427 e. The van der Waals surface area contributed by atoms with E-state index in [2.05, 4.69) is 6.07 Å². The molecule has 6 nitrogen and oxygen atoms in total. The maximum atomic E-state index is 11.4. The van der Waals surface area contributed by atoms with Crippen LogP contribution in [0.5, 0.6) is 5.75 Å². The zero-order valence-electron chi connectivity index (χ0n) is 20.2. The van der Waals surface area contributed by atoms with Crippen LogP contribution >= 0.6 is 0 Å². The van der Waals surface area contributed by atoms with E-state index in [0.29, 0.717) is 12.2 Å². The Morgan fingerprint density at radius 3 is 2.31 bits per heavy atom. The van der Waals surface area contributed by atoms with Crippen LogP contribution in [0.15, 0.2) is 72.9 Å². The molecule has 7 heteroatoms. The van der Waals surface area contributed by atoms with Gasteiger partial charge in [0.15, 0.2) is 0 Å². The molecule has 5 rings (SSSR count). The van der Waals surface area contributed by atoms with E-state index in [9.17, 15) is 4.79 Å². The Bertz CT molecular complexity index is 1480. The van der Waals surface area contributed by atoms with Crippen molar-refractivity contribution < 1.29 is 39.8 Å². The molecular weight excluding hydrogens is 633 g/mol. The van der Waals surface area contributed by atoms with Gasteiger partial charge in [-0.05, 0) is 37.8 Å². The summed E-state index contributed by atoms with van der Waals surface area (Å²) in [7, 11) is 0. The fourth-order valence-corrected chi connectivity index (χ4v) is 4.04. The molecule has 0 saturated heterocycles. The Labute approximate surface area is 223 Å². The van der Waals surface area contributed by atoms with Crippen molar-refractivity contribution in [2.24, 2.45) is 0 Å². The molecular formula is C29H27IrN2O4-. The number of nitrogens with zero attached hydrogens (tertiary/aromatic N) is 2. The molecule has 0 aliphatic heterocycles. The zero-order valence-corrected chi connectivity index (χ0v) is 22.6. The fraction of sp³-hybridized carbons (Fsp3) is 0.207. The number of esters is 1. The second-order valence-corrected chi connectivity index (χ2v) is 8.51. The zero-order chi connectivity index (χ0) is 24.9. The van der Waals surface area contributed by atoms with E-state index in [4.69, 9.17) is 24.9 Å². The largest absolute Gasteiger partial charge is 0.427 e. The molecule has 0 bridgehead atoms. The van der Waals surface area contributed by atoms with Gasteiger partial charge in [-0.15, -0.1) is 29.7 Å². The van der Waals surface area contributed by atoms with Crippen molar-refractivity contribution in [2.45, 2.75) is 39.4 Å². The first-order chi connectivity index (χ1) is 16.8. The van der Waals surface area contributed by atoms with Crippen LogP contribution in [-0.2, 0) is 24.9 Å². The van der Waals surface area contributed by atoms with Crippen LogP contribution in [0.4, 0.5) is 0 Å². The SMILES string of the molecule is CC(=O)Oc1ccc2c3ccc[c-]c3c3ncc(-c4ccccc4)nc3c2c1.CC(O)CC(C)O.[Ir]. The van der Waals surface area contributed by atoms with Crippen LogP contribution in [0.25, 0.3) is 43.8 Å². The van der Waals surface area contributed by atoms with Crippen LogP contribution < -0.4 is 4.74 Å². The molecule has 2 unspecified atom stereocenters. The van der Waals surface area contributed by atoms with Crippen molar-refractivity contribution in [3.8, 4) is 17.0 Å². The van der Waals surface area contributed by atoms with Gasteiger partial charge in [0.05, 0.1) is 23.4 Å². The van der Waals surface area contributed by atoms with Crippen LogP contribution in [0.2, 0.25) is 0 Å². The first kappa shape index (κ1) is 27.4. The molecule has 4 aromatic carbocycles. The van der Waals surface area contributed by atoms with Gasteiger partial charge < -0.3 is 19.9 Å². The molecule has 1 heterocycles. The second-order valence-electron chi connectivity index (χ2n) is 8.51. The Morgan fingerprint density at radius 2 is 1.67 bits per heavy atom. The Kier molecular flexibility index (Phi) is 9.24. The van der Waals surface area contributed by atoms with Crippen molar-refractivity contribution in [1.82, 2.24) is 9.97 Å². The molecule has 0 saturated carbocycles. The van der Waals surface area contributed by atoms with Gasteiger partial charge in [0, 0.05) is 44.3 Å². The van der Waals surface area contributed by atoms with Crippen molar-refractivity contribution >= 4 is 38.5 Å². The van der Waals surface area contributed by atoms with E-state index < -0.39 is 0 Å². The van der Waals surface area contributed by atoms with Crippen LogP contribution in [0, 0.1) is 6.07 Å². The summed E-state index contributed by atoms with van der Waals surface area (Å²) in [4.78, 5) is 21.1. The molecule has 2 N–H and O–H groups in total. The fourth-order valence-electron chi connectivity index (χ4n) is 4.04. The van der Waals surface area contributed by atoms with Gasteiger partial charge in [-0.2, -0.15) is 0 Å². The van der Waals surface area contributed by atoms with Crippen molar-refractivity contribution in [3.63, 3.8) is 0 Å². The molecule has 0 fully saturated rings.